The van der Waals surface area contributed by atoms with Crippen LogP contribution >= 0.6 is 0 Å². The summed E-state index contributed by atoms with van der Waals surface area (Å²) in [5, 5.41) is 26.4. The molecule has 1 amide bonds. The summed E-state index contributed by atoms with van der Waals surface area (Å²) < 4.78 is 5.36. The van der Waals surface area contributed by atoms with Gasteiger partial charge < -0.3 is 26.0 Å². The molecular formula is C42H46N2O9. The van der Waals surface area contributed by atoms with Crippen molar-refractivity contribution < 1.29 is 43.7 Å². The summed E-state index contributed by atoms with van der Waals surface area (Å²) >= 11 is 0. The fraction of sp³-hybridized carbons (Fsp3) is 0.429. The predicted octanol–water partition coefficient (Wildman–Crippen LogP) is 3.70. The molecule has 5 N–H and O–H groups in total. The average molecular weight is 723 g/mol. The summed E-state index contributed by atoms with van der Waals surface area (Å²) in [5.74, 6) is -12.4. The molecule has 278 valence electrons. The van der Waals surface area contributed by atoms with E-state index in [1.54, 1.807) is 26.8 Å². The first-order valence-corrected chi connectivity index (χ1v) is 18.3. The van der Waals surface area contributed by atoms with Crippen LogP contribution in [0.25, 0.3) is 11.1 Å². The Morgan fingerprint density at radius 3 is 2.32 bits per heavy atom. The van der Waals surface area contributed by atoms with E-state index < -0.39 is 76.2 Å². The lowest BCUT2D eigenvalue weighted by atomic mass is 9.49. The molecule has 0 aliphatic heterocycles. The molecule has 0 heterocycles. The van der Waals surface area contributed by atoms with Crippen LogP contribution < -0.4 is 11.1 Å². The van der Waals surface area contributed by atoms with Gasteiger partial charge in [-0.15, -0.1) is 0 Å². The van der Waals surface area contributed by atoms with Gasteiger partial charge in [0.15, 0.2) is 34.7 Å². The van der Waals surface area contributed by atoms with Gasteiger partial charge in [0.25, 0.3) is 0 Å². The van der Waals surface area contributed by atoms with Crippen LogP contribution in [0, 0.1) is 35.5 Å². The van der Waals surface area contributed by atoms with Gasteiger partial charge in [-0.2, -0.15) is 0 Å². The van der Waals surface area contributed by atoms with Crippen LogP contribution in [0.15, 0.2) is 60.7 Å². The van der Waals surface area contributed by atoms with E-state index in [2.05, 4.69) is 5.32 Å². The lowest BCUT2D eigenvalue weighted by Gasteiger charge is -2.52. The number of nitrogens with two attached hydrogens (primary N) is 1. The molecule has 0 bridgehead atoms. The Kier molecular flexibility index (Phi) is 10.5. The number of rotatable bonds is 11. The highest BCUT2D eigenvalue weighted by atomic mass is 16.5. The molecule has 2 fully saturated rings. The molecular weight excluding hydrogens is 676 g/mol. The second-order valence-electron chi connectivity index (χ2n) is 14.9. The Labute approximate surface area is 308 Å². The number of phenols is 1. The van der Waals surface area contributed by atoms with E-state index in [1.165, 1.54) is 6.07 Å². The summed E-state index contributed by atoms with van der Waals surface area (Å²) in [4.78, 5) is 81.0. The van der Waals surface area contributed by atoms with Crippen LogP contribution in [0.4, 0.5) is 0 Å². The molecule has 3 aromatic carbocycles. The number of aliphatic hydroxyl groups is 1. The number of esters is 1. The number of benzene rings is 3. The van der Waals surface area contributed by atoms with Crippen molar-refractivity contribution in [1.82, 2.24) is 5.32 Å². The summed E-state index contributed by atoms with van der Waals surface area (Å²) in [6.45, 7) is 7.78. The number of carbonyl (C=O) groups is 6. The number of carbonyl (C=O) groups excluding carboxylic acids is 6. The number of nitrogens with one attached hydrogen (secondary N) is 1. The van der Waals surface area contributed by atoms with E-state index in [1.807, 2.05) is 55.5 Å². The van der Waals surface area contributed by atoms with Crippen molar-refractivity contribution in [2.24, 2.45) is 41.2 Å². The Morgan fingerprint density at radius 1 is 0.962 bits per heavy atom. The Morgan fingerprint density at radius 2 is 1.68 bits per heavy atom. The molecule has 6 rings (SSSR count). The van der Waals surface area contributed by atoms with Gasteiger partial charge in [0.05, 0.1) is 18.1 Å². The molecule has 3 unspecified atom stereocenters. The lowest BCUT2D eigenvalue weighted by molar-refractivity contribution is -0.182. The maximum Gasteiger partial charge on any atom is 0.323 e. The third kappa shape index (κ3) is 6.50. The van der Waals surface area contributed by atoms with Crippen molar-refractivity contribution in [3.63, 3.8) is 0 Å². The lowest BCUT2D eigenvalue weighted by Crippen LogP contribution is -2.71. The number of aromatic hydroxyl groups is 1. The molecule has 0 saturated heterocycles. The summed E-state index contributed by atoms with van der Waals surface area (Å²) in [6.07, 6.45) is 1.24. The molecule has 7 atom stereocenters. The molecule has 3 aliphatic carbocycles. The van der Waals surface area contributed by atoms with Gasteiger partial charge in [-0.1, -0.05) is 69.3 Å². The average Bonchev–Trinajstić information content (AvgIpc) is 3.12. The summed E-state index contributed by atoms with van der Waals surface area (Å²) in [7, 11) is 0. The number of Topliss-reactive ketones (excluding diaryl/α,β-unsaturated/α-hetero) is 4. The van der Waals surface area contributed by atoms with Crippen molar-refractivity contribution in [1.29, 1.82) is 0 Å². The van der Waals surface area contributed by atoms with Gasteiger partial charge in [0.1, 0.15) is 11.8 Å². The van der Waals surface area contributed by atoms with Crippen molar-refractivity contribution in [2.75, 3.05) is 6.61 Å². The smallest absolute Gasteiger partial charge is 0.323 e. The number of fused-ring (bicyclic) bond motifs is 3. The maximum atomic E-state index is 14.3. The van der Waals surface area contributed by atoms with Crippen molar-refractivity contribution >= 4 is 35.0 Å². The Hall–Kier alpha value is -5.00. The minimum atomic E-state index is -2.75. The summed E-state index contributed by atoms with van der Waals surface area (Å²) in [5.41, 5.74) is 7.50. The number of hydrogen-bond acceptors (Lipinski definition) is 10. The number of hydrogen-bond donors (Lipinski definition) is 4. The van der Waals surface area contributed by atoms with E-state index in [0.717, 1.165) is 22.3 Å². The number of phenolic OH excluding ortho intramolecular Hbond substituents is 1. The third-order valence-electron chi connectivity index (χ3n) is 11.4. The first-order chi connectivity index (χ1) is 25.2. The third-order valence-corrected chi connectivity index (χ3v) is 11.4. The first-order valence-electron chi connectivity index (χ1n) is 18.3. The van der Waals surface area contributed by atoms with Crippen LogP contribution in [-0.4, -0.2) is 63.5 Å². The number of ketones is 4. The SMILES string of the molecule is CCOC(=O)C(Cc1ccccc1)NCc1ccc(CC)c(-c2ccc(O)c3c2C[C@H]2C[C@H]4[C@H](C(C)C)C(=O)C(C(N)=O)C(=O)[C@@]4(O)C(=O)C2C3=O)c1. The van der Waals surface area contributed by atoms with E-state index in [0.29, 0.717) is 30.5 Å². The number of primary amides is 1. The maximum absolute atomic E-state index is 14.3. The zero-order valence-electron chi connectivity index (χ0n) is 30.4. The van der Waals surface area contributed by atoms with E-state index in [-0.39, 0.29) is 36.7 Å². The van der Waals surface area contributed by atoms with E-state index >= 15 is 0 Å². The number of aryl methyl sites for hydroxylation is 1. The van der Waals surface area contributed by atoms with Gasteiger partial charge in [0.2, 0.25) is 5.91 Å². The molecule has 0 spiro atoms. The molecule has 11 nitrogen and oxygen atoms in total. The molecule has 3 aliphatic rings. The van der Waals surface area contributed by atoms with Gasteiger partial charge in [0, 0.05) is 18.4 Å². The van der Waals surface area contributed by atoms with Crippen LogP contribution in [0.1, 0.15) is 66.7 Å². The molecule has 0 aromatic heterocycles. The highest BCUT2D eigenvalue weighted by Gasteiger charge is 2.69. The predicted molar refractivity (Wildman–Crippen MR) is 194 cm³/mol. The molecule has 53 heavy (non-hydrogen) atoms. The van der Waals surface area contributed by atoms with E-state index in [9.17, 15) is 39.0 Å². The second kappa shape index (κ2) is 14.8. The quantitative estimate of drug-likeness (QED) is 0.168. The van der Waals surface area contributed by atoms with Crippen molar-refractivity contribution in [2.45, 2.75) is 71.6 Å². The number of amides is 1. The van der Waals surface area contributed by atoms with Crippen LogP contribution in [-0.2, 0) is 54.5 Å². The second-order valence-corrected chi connectivity index (χ2v) is 14.9. The van der Waals surface area contributed by atoms with Crippen molar-refractivity contribution in [3.05, 3.63) is 88.5 Å². The summed E-state index contributed by atoms with van der Waals surface area (Å²) in [6, 6.07) is 18.1. The minimum Gasteiger partial charge on any atom is -0.507 e. The van der Waals surface area contributed by atoms with Gasteiger partial charge in [-0.3, -0.25) is 28.8 Å². The number of ether oxygens (including phenoxy) is 1. The van der Waals surface area contributed by atoms with Crippen molar-refractivity contribution in [3.8, 4) is 16.9 Å². The first kappa shape index (κ1) is 37.7. The minimum absolute atomic E-state index is 0.000246. The van der Waals surface area contributed by atoms with Gasteiger partial charge >= 0.3 is 5.97 Å². The fourth-order valence-corrected chi connectivity index (χ4v) is 8.97. The molecule has 11 heteroatoms. The highest BCUT2D eigenvalue weighted by molar-refractivity contribution is 6.32. The molecule has 2 saturated carbocycles. The standard InChI is InChI=1S/C42H46N2O9/c1-5-24-13-12-23(20-44-30(41(51)53-6-2)17-22-10-8-7-9-11-22)16-27(24)26-14-15-31(45)34-28(26)18-25-19-29-32(21(3)4)36(46)35(40(43)50)39(49)42(29,52)38(48)33(25)37(34)47/h7-16,21,25,29-30,32-33,35,44-45,52H,5-6,17-20H2,1-4H3,(H2,43,50)/t25-,29-,30?,32-,33?,35?,42-/m0/s1. The molecule has 0 radical (unpaired) electrons. The monoisotopic (exact) mass is 722 g/mol. The zero-order valence-corrected chi connectivity index (χ0v) is 30.4. The largest absolute Gasteiger partial charge is 0.507 e. The fourth-order valence-electron chi connectivity index (χ4n) is 8.97. The van der Waals surface area contributed by atoms with Gasteiger partial charge in [-0.25, -0.2) is 0 Å². The van der Waals surface area contributed by atoms with Crippen LogP contribution in [0.2, 0.25) is 0 Å². The topological polar surface area (TPSA) is 190 Å². The van der Waals surface area contributed by atoms with E-state index in [4.69, 9.17) is 10.5 Å². The Balaban J connectivity index is 1.37. The Bertz CT molecular complexity index is 1990. The highest BCUT2D eigenvalue weighted by Crippen LogP contribution is 2.54. The van der Waals surface area contributed by atoms with Crippen LogP contribution in [0.5, 0.6) is 5.75 Å². The van der Waals surface area contributed by atoms with Gasteiger partial charge in [-0.05, 0) is 90.0 Å². The molecule has 3 aromatic rings. The normalized spacial score (nSPS) is 25.7. The van der Waals surface area contributed by atoms with Crippen LogP contribution in [0.3, 0.4) is 0 Å². The zero-order chi connectivity index (χ0) is 38.4.